The molecule has 0 aliphatic heterocycles. The molecule has 1 aromatic heterocycles. The van der Waals surface area contributed by atoms with Crippen LogP contribution in [0.25, 0.3) is 10.8 Å². The second kappa shape index (κ2) is 9.12. The number of halogens is 1. The normalized spacial score (nSPS) is 12.4. The lowest BCUT2D eigenvalue weighted by molar-refractivity contribution is 0.489. The monoisotopic (exact) mass is 396 g/mol. The molecule has 3 rings (SSSR count). The van der Waals surface area contributed by atoms with Gasteiger partial charge in [0.15, 0.2) is 0 Å². The van der Waals surface area contributed by atoms with Gasteiger partial charge in [0.1, 0.15) is 0 Å². The van der Waals surface area contributed by atoms with Gasteiger partial charge >= 0.3 is 0 Å². The summed E-state index contributed by atoms with van der Waals surface area (Å²) in [4.78, 5) is 4.17. The van der Waals surface area contributed by atoms with E-state index in [-0.39, 0.29) is 0 Å². The molecule has 0 aliphatic carbocycles. The zero-order chi connectivity index (χ0) is 17.5. The van der Waals surface area contributed by atoms with Crippen LogP contribution in [0.4, 0.5) is 0 Å². The topological polar surface area (TPSA) is 24.9 Å². The highest BCUT2D eigenvalue weighted by atomic mass is 79.9. The quantitative estimate of drug-likeness (QED) is 0.480. The molecule has 0 amide bonds. The highest BCUT2D eigenvalue weighted by Crippen LogP contribution is 2.15. The number of hydrogen-bond acceptors (Lipinski definition) is 2. The largest absolute Gasteiger partial charge is 0.310 e. The van der Waals surface area contributed by atoms with E-state index in [1.165, 1.54) is 47.6 Å². The van der Waals surface area contributed by atoms with Gasteiger partial charge in [0, 0.05) is 34.8 Å². The number of aryl methyl sites for hydroxylation is 1. The van der Waals surface area contributed by atoms with Gasteiger partial charge in [0.25, 0.3) is 0 Å². The lowest BCUT2D eigenvalue weighted by Gasteiger charge is -2.14. The molecule has 3 heteroatoms. The van der Waals surface area contributed by atoms with E-state index in [9.17, 15) is 0 Å². The Morgan fingerprint density at radius 2 is 1.76 bits per heavy atom. The molecule has 2 nitrogen and oxygen atoms in total. The van der Waals surface area contributed by atoms with Crippen LogP contribution in [-0.2, 0) is 13.0 Å². The standard InChI is InChI=1S/C22H25BrN2/c1-17(4-2-3-5-18-7-10-22(23)11-8-18)25-15-19-6-9-21-16-24-13-12-20(21)14-19/h6-14,16-17,25H,2-5,15H2,1H3/t17-/m1/s1. The number of nitrogens with one attached hydrogen (secondary N) is 1. The number of rotatable bonds is 8. The highest BCUT2D eigenvalue weighted by molar-refractivity contribution is 9.10. The van der Waals surface area contributed by atoms with Crippen LogP contribution < -0.4 is 5.32 Å². The Kier molecular flexibility index (Phi) is 6.60. The first kappa shape index (κ1) is 18.1. The van der Waals surface area contributed by atoms with Crippen LogP contribution in [0, 0.1) is 0 Å². The first-order chi connectivity index (χ1) is 12.2. The number of fused-ring (bicyclic) bond motifs is 1. The Morgan fingerprint density at radius 3 is 2.60 bits per heavy atom. The van der Waals surface area contributed by atoms with Crippen molar-refractivity contribution in [3.63, 3.8) is 0 Å². The minimum Gasteiger partial charge on any atom is -0.310 e. The van der Waals surface area contributed by atoms with Crippen molar-refractivity contribution in [2.24, 2.45) is 0 Å². The molecular weight excluding hydrogens is 372 g/mol. The third-order valence-electron chi connectivity index (χ3n) is 4.63. The molecule has 25 heavy (non-hydrogen) atoms. The lowest BCUT2D eigenvalue weighted by Crippen LogP contribution is -2.25. The molecule has 0 fully saturated rings. The van der Waals surface area contributed by atoms with Gasteiger partial charge < -0.3 is 5.32 Å². The number of unbranched alkanes of at least 4 members (excludes halogenated alkanes) is 1. The van der Waals surface area contributed by atoms with Gasteiger partial charge in [-0.2, -0.15) is 0 Å². The van der Waals surface area contributed by atoms with E-state index in [1.807, 2.05) is 12.4 Å². The van der Waals surface area contributed by atoms with Crippen LogP contribution in [-0.4, -0.2) is 11.0 Å². The maximum Gasteiger partial charge on any atom is 0.0346 e. The number of aromatic nitrogens is 1. The molecule has 0 unspecified atom stereocenters. The number of nitrogens with zero attached hydrogens (tertiary/aromatic N) is 1. The van der Waals surface area contributed by atoms with E-state index in [2.05, 4.69) is 81.7 Å². The van der Waals surface area contributed by atoms with Crippen molar-refractivity contribution in [3.8, 4) is 0 Å². The summed E-state index contributed by atoms with van der Waals surface area (Å²) in [6, 6.07) is 17.9. The molecule has 1 N–H and O–H groups in total. The molecule has 0 bridgehead atoms. The molecule has 2 aromatic carbocycles. The smallest absolute Gasteiger partial charge is 0.0346 e. The maximum absolute atomic E-state index is 4.17. The molecule has 1 heterocycles. The van der Waals surface area contributed by atoms with Crippen molar-refractivity contribution in [1.29, 1.82) is 0 Å². The third kappa shape index (κ3) is 5.65. The summed E-state index contributed by atoms with van der Waals surface area (Å²) >= 11 is 3.48. The van der Waals surface area contributed by atoms with Crippen molar-refractivity contribution in [2.75, 3.05) is 0 Å². The predicted molar refractivity (Wildman–Crippen MR) is 110 cm³/mol. The van der Waals surface area contributed by atoms with Crippen LogP contribution in [0.3, 0.4) is 0 Å². The van der Waals surface area contributed by atoms with Crippen LogP contribution >= 0.6 is 15.9 Å². The zero-order valence-electron chi connectivity index (χ0n) is 14.7. The Bertz CT molecular complexity index is 798. The summed E-state index contributed by atoms with van der Waals surface area (Å²) in [5, 5.41) is 6.11. The molecule has 0 saturated carbocycles. The first-order valence-corrected chi connectivity index (χ1v) is 9.80. The maximum atomic E-state index is 4.17. The Balaban J connectivity index is 1.38. The molecular formula is C22H25BrN2. The Hall–Kier alpha value is -1.71. The summed E-state index contributed by atoms with van der Waals surface area (Å²) in [7, 11) is 0. The third-order valence-corrected chi connectivity index (χ3v) is 5.15. The van der Waals surface area contributed by atoms with Gasteiger partial charge in [-0.25, -0.2) is 0 Å². The van der Waals surface area contributed by atoms with Crippen LogP contribution in [0.5, 0.6) is 0 Å². The summed E-state index contributed by atoms with van der Waals surface area (Å²) < 4.78 is 1.15. The van der Waals surface area contributed by atoms with Crippen molar-refractivity contribution in [3.05, 3.63) is 76.5 Å². The Morgan fingerprint density at radius 1 is 0.960 bits per heavy atom. The van der Waals surface area contributed by atoms with Gasteiger partial charge in [0.2, 0.25) is 0 Å². The van der Waals surface area contributed by atoms with Gasteiger partial charge in [-0.15, -0.1) is 0 Å². The van der Waals surface area contributed by atoms with E-state index < -0.39 is 0 Å². The van der Waals surface area contributed by atoms with Gasteiger partial charge in [-0.3, -0.25) is 4.98 Å². The van der Waals surface area contributed by atoms with Gasteiger partial charge in [-0.1, -0.05) is 46.6 Å². The molecule has 1 atom stereocenters. The van der Waals surface area contributed by atoms with E-state index in [4.69, 9.17) is 0 Å². The minimum atomic E-state index is 0.540. The molecule has 0 spiro atoms. The van der Waals surface area contributed by atoms with Crippen LogP contribution in [0.1, 0.15) is 37.3 Å². The van der Waals surface area contributed by atoms with Crippen molar-refractivity contribution in [2.45, 2.75) is 45.2 Å². The molecule has 0 radical (unpaired) electrons. The first-order valence-electron chi connectivity index (χ1n) is 9.01. The second-order valence-corrected chi connectivity index (χ2v) is 7.63. The number of benzene rings is 2. The average molecular weight is 397 g/mol. The predicted octanol–water partition coefficient (Wildman–Crippen LogP) is 5.89. The van der Waals surface area contributed by atoms with Crippen LogP contribution in [0.2, 0.25) is 0 Å². The number of hydrogen-bond donors (Lipinski definition) is 1. The fraction of sp³-hybridized carbons (Fsp3) is 0.318. The molecule has 3 aromatic rings. The second-order valence-electron chi connectivity index (χ2n) is 6.71. The molecule has 0 saturated heterocycles. The molecule has 0 aliphatic rings. The van der Waals surface area contributed by atoms with Crippen molar-refractivity contribution in [1.82, 2.24) is 10.3 Å². The highest BCUT2D eigenvalue weighted by Gasteiger charge is 2.03. The summed E-state index contributed by atoms with van der Waals surface area (Å²) in [6.07, 6.45) is 8.66. The minimum absolute atomic E-state index is 0.540. The van der Waals surface area contributed by atoms with Crippen LogP contribution in [0.15, 0.2) is 65.4 Å². The fourth-order valence-electron chi connectivity index (χ4n) is 3.07. The fourth-order valence-corrected chi connectivity index (χ4v) is 3.33. The SMILES string of the molecule is C[C@H](CCCCc1ccc(Br)cc1)NCc1ccc2cnccc2c1. The molecule has 130 valence electrons. The van der Waals surface area contributed by atoms with Gasteiger partial charge in [-0.05, 0) is 67.0 Å². The number of pyridine rings is 1. The Labute approximate surface area is 158 Å². The van der Waals surface area contributed by atoms with Gasteiger partial charge in [0.05, 0.1) is 0 Å². The van der Waals surface area contributed by atoms with E-state index in [1.54, 1.807) is 0 Å². The van der Waals surface area contributed by atoms with E-state index in [0.29, 0.717) is 6.04 Å². The lowest BCUT2D eigenvalue weighted by atomic mass is 10.0. The summed E-state index contributed by atoms with van der Waals surface area (Å²) in [5.74, 6) is 0. The summed E-state index contributed by atoms with van der Waals surface area (Å²) in [6.45, 7) is 3.21. The zero-order valence-corrected chi connectivity index (χ0v) is 16.3. The summed E-state index contributed by atoms with van der Waals surface area (Å²) in [5.41, 5.74) is 2.76. The van der Waals surface area contributed by atoms with Crippen molar-refractivity contribution >= 4 is 26.7 Å². The average Bonchev–Trinajstić information content (AvgIpc) is 2.65. The van der Waals surface area contributed by atoms with E-state index >= 15 is 0 Å². The van der Waals surface area contributed by atoms with E-state index in [0.717, 1.165) is 11.0 Å². The van der Waals surface area contributed by atoms with Crippen molar-refractivity contribution < 1.29 is 0 Å².